The minimum atomic E-state index is 0.498. The zero-order chi connectivity index (χ0) is 12.4. The van der Waals surface area contributed by atoms with Gasteiger partial charge in [-0.15, -0.1) is 5.10 Å². The van der Waals surface area contributed by atoms with E-state index in [9.17, 15) is 4.79 Å². The summed E-state index contributed by atoms with van der Waals surface area (Å²) in [4.78, 5) is 11.0. The van der Waals surface area contributed by atoms with Gasteiger partial charge in [0.1, 0.15) is 5.69 Å². The number of hydrogen-bond acceptors (Lipinski definition) is 3. The number of benzene rings is 1. The molecule has 1 saturated carbocycles. The van der Waals surface area contributed by atoms with Crippen LogP contribution in [0.3, 0.4) is 0 Å². The second-order valence-corrected chi connectivity index (χ2v) is 4.83. The Kier molecular flexibility index (Phi) is 2.92. The number of rotatable bonds is 5. The minimum absolute atomic E-state index is 0.498. The molecule has 0 bridgehead atoms. The molecule has 92 valence electrons. The van der Waals surface area contributed by atoms with Crippen LogP contribution in [0.5, 0.6) is 0 Å². The number of carbonyl (C=O) groups is 1. The predicted molar refractivity (Wildman–Crippen MR) is 67.4 cm³/mol. The third-order valence-electron chi connectivity index (χ3n) is 3.33. The molecule has 2 aromatic rings. The Morgan fingerprint density at radius 2 is 2.06 bits per heavy atom. The molecule has 0 N–H and O–H groups in total. The summed E-state index contributed by atoms with van der Waals surface area (Å²) in [5.74, 6) is 0.719. The molecule has 0 aliphatic heterocycles. The van der Waals surface area contributed by atoms with Gasteiger partial charge in [-0.1, -0.05) is 35.5 Å². The Bertz CT molecular complexity index is 543. The average molecular weight is 241 g/mol. The van der Waals surface area contributed by atoms with E-state index in [1.807, 2.05) is 22.9 Å². The highest BCUT2D eigenvalue weighted by Crippen LogP contribution is 2.33. The lowest BCUT2D eigenvalue weighted by atomic mass is 10.1. The van der Waals surface area contributed by atoms with E-state index in [1.165, 1.54) is 18.4 Å². The van der Waals surface area contributed by atoms with Gasteiger partial charge < -0.3 is 0 Å². The first-order valence-corrected chi connectivity index (χ1v) is 6.28. The predicted octanol–water partition coefficient (Wildman–Crippen LogP) is 2.09. The van der Waals surface area contributed by atoms with Crippen LogP contribution in [0.2, 0.25) is 0 Å². The number of aldehydes is 1. The highest BCUT2D eigenvalue weighted by molar-refractivity contribution is 5.73. The summed E-state index contributed by atoms with van der Waals surface area (Å²) < 4.78 is 1.86. The van der Waals surface area contributed by atoms with Crippen molar-refractivity contribution in [1.82, 2.24) is 15.0 Å². The maximum Gasteiger partial charge on any atom is 0.172 e. The summed E-state index contributed by atoms with van der Waals surface area (Å²) >= 11 is 0. The van der Waals surface area contributed by atoms with E-state index in [2.05, 4.69) is 22.4 Å². The smallest absolute Gasteiger partial charge is 0.172 e. The number of hydrogen-bond donors (Lipinski definition) is 0. The Balaban J connectivity index is 1.86. The Labute approximate surface area is 106 Å². The Morgan fingerprint density at radius 1 is 1.28 bits per heavy atom. The molecule has 0 spiro atoms. The molecule has 1 aliphatic carbocycles. The highest BCUT2D eigenvalue weighted by atomic mass is 16.1. The van der Waals surface area contributed by atoms with E-state index in [-0.39, 0.29) is 0 Å². The topological polar surface area (TPSA) is 47.8 Å². The Morgan fingerprint density at radius 3 is 2.72 bits per heavy atom. The molecular formula is C14H15N3O. The normalized spacial score (nSPS) is 14.7. The lowest BCUT2D eigenvalue weighted by molar-refractivity contribution is 0.111. The van der Waals surface area contributed by atoms with Gasteiger partial charge in [-0.05, 0) is 30.7 Å². The third-order valence-corrected chi connectivity index (χ3v) is 3.33. The van der Waals surface area contributed by atoms with E-state index in [4.69, 9.17) is 0 Å². The first-order chi connectivity index (χ1) is 8.86. The van der Waals surface area contributed by atoms with Crippen LogP contribution in [-0.2, 0) is 13.0 Å². The molecule has 4 heteroatoms. The van der Waals surface area contributed by atoms with E-state index in [1.54, 1.807) is 0 Å². The second-order valence-electron chi connectivity index (χ2n) is 4.83. The summed E-state index contributed by atoms with van der Waals surface area (Å²) in [6.07, 6.45) is 4.25. The first kappa shape index (κ1) is 11.1. The van der Waals surface area contributed by atoms with Crippen LogP contribution in [0.1, 0.15) is 34.6 Å². The summed E-state index contributed by atoms with van der Waals surface area (Å²) in [5.41, 5.74) is 2.66. The minimum Gasteiger partial charge on any atom is -0.296 e. The van der Waals surface area contributed by atoms with E-state index >= 15 is 0 Å². The molecule has 1 aliphatic rings. The van der Waals surface area contributed by atoms with Crippen LogP contribution >= 0.6 is 0 Å². The van der Waals surface area contributed by atoms with E-state index in [0.717, 1.165) is 24.3 Å². The maximum absolute atomic E-state index is 11.0. The van der Waals surface area contributed by atoms with Gasteiger partial charge in [0.05, 0.1) is 12.2 Å². The van der Waals surface area contributed by atoms with Crippen molar-refractivity contribution in [2.24, 2.45) is 5.92 Å². The van der Waals surface area contributed by atoms with Crippen molar-refractivity contribution in [3.63, 3.8) is 0 Å². The lowest BCUT2D eigenvalue weighted by Gasteiger charge is -2.06. The van der Waals surface area contributed by atoms with Crippen LogP contribution in [0.25, 0.3) is 0 Å². The van der Waals surface area contributed by atoms with Crippen molar-refractivity contribution < 1.29 is 4.79 Å². The Hall–Kier alpha value is -1.97. The van der Waals surface area contributed by atoms with Crippen molar-refractivity contribution in [2.45, 2.75) is 25.8 Å². The van der Waals surface area contributed by atoms with Gasteiger partial charge in [0, 0.05) is 0 Å². The first-order valence-electron chi connectivity index (χ1n) is 6.28. The standard InChI is InChI=1S/C14H15N3O/c18-10-13-14(8-11-6-7-11)17(16-15-13)9-12-4-2-1-3-5-12/h1-5,10-11H,6-9H2. The number of aromatic nitrogens is 3. The molecular weight excluding hydrogens is 226 g/mol. The van der Waals surface area contributed by atoms with Crippen molar-refractivity contribution >= 4 is 6.29 Å². The SMILES string of the molecule is O=Cc1nnn(Cc2ccccc2)c1CC1CC1. The lowest BCUT2D eigenvalue weighted by Crippen LogP contribution is -2.08. The van der Waals surface area contributed by atoms with Crippen LogP contribution in [-0.4, -0.2) is 21.3 Å². The molecule has 0 saturated heterocycles. The molecule has 1 aromatic heterocycles. The quantitative estimate of drug-likeness (QED) is 0.753. The highest BCUT2D eigenvalue weighted by Gasteiger charge is 2.25. The van der Waals surface area contributed by atoms with Gasteiger partial charge in [-0.2, -0.15) is 0 Å². The molecule has 1 heterocycles. The van der Waals surface area contributed by atoms with Crippen molar-refractivity contribution in [1.29, 1.82) is 0 Å². The monoisotopic (exact) mass is 241 g/mol. The number of nitrogens with zero attached hydrogens (tertiary/aromatic N) is 3. The summed E-state index contributed by atoms with van der Waals surface area (Å²) in [6, 6.07) is 10.1. The van der Waals surface area contributed by atoms with Gasteiger partial charge in [-0.3, -0.25) is 4.79 Å². The van der Waals surface area contributed by atoms with Crippen LogP contribution < -0.4 is 0 Å². The molecule has 1 fully saturated rings. The molecule has 0 amide bonds. The molecule has 18 heavy (non-hydrogen) atoms. The summed E-state index contributed by atoms with van der Waals surface area (Å²) in [7, 11) is 0. The molecule has 4 nitrogen and oxygen atoms in total. The van der Waals surface area contributed by atoms with Gasteiger partial charge in [-0.25, -0.2) is 4.68 Å². The molecule has 3 rings (SSSR count). The number of carbonyl (C=O) groups excluding carboxylic acids is 1. The van der Waals surface area contributed by atoms with Gasteiger partial charge in [0.15, 0.2) is 6.29 Å². The largest absolute Gasteiger partial charge is 0.296 e. The van der Waals surface area contributed by atoms with Crippen molar-refractivity contribution in [3.8, 4) is 0 Å². The van der Waals surface area contributed by atoms with Gasteiger partial charge in [0.25, 0.3) is 0 Å². The molecule has 0 unspecified atom stereocenters. The summed E-state index contributed by atoms with van der Waals surface area (Å²) in [5, 5.41) is 8.06. The second kappa shape index (κ2) is 4.72. The fourth-order valence-electron chi connectivity index (χ4n) is 2.13. The molecule has 0 radical (unpaired) electrons. The van der Waals surface area contributed by atoms with Crippen LogP contribution in [0.4, 0.5) is 0 Å². The van der Waals surface area contributed by atoms with Gasteiger partial charge in [0.2, 0.25) is 0 Å². The fourth-order valence-corrected chi connectivity index (χ4v) is 2.13. The third kappa shape index (κ3) is 2.32. The van der Waals surface area contributed by atoms with Crippen molar-refractivity contribution in [2.75, 3.05) is 0 Å². The average Bonchev–Trinajstić information content (AvgIpc) is 3.14. The van der Waals surface area contributed by atoms with Crippen molar-refractivity contribution in [3.05, 3.63) is 47.3 Å². The molecule has 1 aromatic carbocycles. The zero-order valence-corrected chi connectivity index (χ0v) is 10.1. The van der Waals surface area contributed by atoms with Crippen LogP contribution in [0.15, 0.2) is 30.3 Å². The van der Waals surface area contributed by atoms with Gasteiger partial charge >= 0.3 is 0 Å². The maximum atomic E-state index is 11.0. The van der Waals surface area contributed by atoms with E-state index in [0.29, 0.717) is 12.2 Å². The molecule has 0 atom stereocenters. The zero-order valence-electron chi connectivity index (χ0n) is 10.1. The van der Waals surface area contributed by atoms with E-state index < -0.39 is 0 Å². The van der Waals surface area contributed by atoms with Crippen LogP contribution in [0, 0.1) is 5.92 Å². The fraction of sp³-hybridized carbons (Fsp3) is 0.357. The summed E-state index contributed by atoms with van der Waals surface area (Å²) in [6.45, 7) is 0.684.